The minimum Gasteiger partial charge on any atom is -0.378 e. The molecule has 0 radical (unpaired) electrons. The van der Waals surface area contributed by atoms with Crippen LogP contribution in [0, 0.1) is 0 Å². The van der Waals surface area contributed by atoms with Crippen molar-refractivity contribution in [3.8, 4) is 11.3 Å². The predicted molar refractivity (Wildman–Crippen MR) is 142 cm³/mol. The van der Waals surface area contributed by atoms with Crippen LogP contribution in [0.4, 0.5) is 11.5 Å². The third-order valence-corrected chi connectivity index (χ3v) is 6.59. The topological polar surface area (TPSA) is 75.2 Å². The van der Waals surface area contributed by atoms with E-state index in [9.17, 15) is 4.79 Å². The molecule has 0 bridgehead atoms. The number of carbonyl (C=O) groups is 1. The smallest absolute Gasteiger partial charge is 0.258 e. The van der Waals surface area contributed by atoms with Gasteiger partial charge in [-0.25, -0.2) is 0 Å². The number of para-hydroxylation sites is 1. The normalized spacial score (nSPS) is 13.7. The van der Waals surface area contributed by atoms with E-state index in [1.807, 2.05) is 36.4 Å². The largest absolute Gasteiger partial charge is 0.378 e. The van der Waals surface area contributed by atoms with Crippen molar-refractivity contribution in [2.75, 3.05) is 36.5 Å². The standard InChI is InChI=1S/C29H27N5O2/c35-29(24-8-4-5-9-26(24)33-14-16-36-17-15-33)30-28-19-25(31-32-28)23-11-10-22-12-13-34(27(22)18-23)20-21-6-2-1-3-7-21/h1-13,18-19H,14-17,20H2,(H2,30,31,32,35). The minimum atomic E-state index is -0.167. The van der Waals surface area contributed by atoms with Crippen molar-refractivity contribution in [1.82, 2.24) is 14.8 Å². The number of aromatic nitrogens is 3. The molecule has 180 valence electrons. The summed E-state index contributed by atoms with van der Waals surface area (Å²) in [6.45, 7) is 3.68. The monoisotopic (exact) mass is 477 g/mol. The van der Waals surface area contributed by atoms with Crippen molar-refractivity contribution in [3.63, 3.8) is 0 Å². The number of amides is 1. The number of fused-ring (bicyclic) bond motifs is 1. The molecular formula is C29H27N5O2. The van der Waals surface area contributed by atoms with E-state index in [0.717, 1.165) is 42.1 Å². The summed E-state index contributed by atoms with van der Waals surface area (Å²) >= 11 is 0. The molecule has 0 spiro atoms. The van der Waals surface area contributed by atoms with Crippen molar-refractivity contribution in [2.45, 2.75) is 6.54 Å². The first-order valence-corrected chi connectivity index (χ1v) is 12.2. The SMILES string of the molecule is O=C(Nc1cc(-c2ccc3ccn(Cc4ccccc4)c3c2)n[nH]1)c1ccccc1N1CCOCC1. The van der Waals surface area contributed by atoms with Crippen molar-refractivity contribution >= 4 is 28.3 Å². The van der Waals surface area contributed by atoms with Gasteiger partial charge in [0.15, 0.2) is 0 Å². The first-order chi connectivity index (χ1) is 17.7. The Morgan fingerprint density at radius 3 is 2.61 bits per heavy atom. The molecule has 3 heterocycles. The third-order valence-electron chi connectivity index (χ3n) is 6.59. The van der Waals surface area contributed by atoms with Crippen LogP contribution in [0.5, 0.6) is 0 Å². The lowest BCUT2D eigenvalue weighted by atomic mass is 10.1. The van der Waals surface area contributed by atoms with E-state index in [-0.39, 0.29) is 5.91 Å². The van der Waals surface area contributed by atoms with Crippen LogP contribution in [0.15, 0.2) is 91.1 Å². The number of aromatic amines is 1. The Hall–Kier alpha value is -4.36. The highest BCUT2D eigenvalue weighted by atomic mass is 16.5. The number of benzene rings is 3. The van der Waals surface area contributed by atoms with E-state index < -0.39 is 0 Å². The molecule has 7 heteroatoms. The van der Waals surface area contributed by atoms with Crippen LogP contribution in [-0.2, 0) is 11.3 Å². The summed E-state index contributed by atoms with van der Waals surface area (Å²) in [5, 5.41) is 11.6. The summed E-state index contributed by atoms with van der Waals surface area (Å²) < 4.78 is 7.71. The summed E-state index contributed by atoms with van der Waals surface area (Å²) in [7, 11) is 0. The second-order valence-electron chi connectivity index (χ2n) is 8.94. The molecule has 36 heavy (non-hydrogen) atoms. The number of nitrogens with zero attached hydrogens (tertiary/aromatic N) is 3. The fraction of sp³-hybridized carbons (Fsp3) is 0.172. The molecule has 1 saturated heterocycles. The Kier molecular flexibility index (Phi) is 5.97. The average Bonchev–Trinajstić information content (AvgIpc) is 3.56. The number of rotatable bonds is 6. The molecule has 2 aromatic heterocycles. The average molecular weight is 478 g/mol. The first kappa shape index (κ1) is 22.1. The fourth-order valence-electron chi connectivity index (χ4n) is 4.73. The molecule has 2 N–H and O–H groups in total. The molecule has 6 rings (SSSR count). The van der Waals surface area contributed by atoms with E-state index in [4.69, 9.17) is 4.74 Å². The van der Waals surface area contributed by atoms with Gasteiger partial charge in [0, 0.05) is 48.7 Å². The van der Waals surface area contributed by atoms with Crippen LogP contribution < -0.4 is 10.2 Å². The zero-order chi connectivity index (χ0) is 24.3. The van der Waals surface area contributed by atoms with E-state index >= 15 is 0 Å². The number of hydrogen-bond acceptors (Lipinski definition) is 4. The Balaban J connectivity index is 1.22. The van der Waals surface area contributed by atoms with Crippen molar-refractivity contribution in [3.05, 3.63) is 102 Å². The highest BCUT2D eigenvalue weighted by Gasteiger charge is 2.19. The van der Waals surface area contributed by atoms with Crippen LogP contribution >= 0.6 is 0 Å². The Labute approximate surface area is 209 Å². The van der Waals surface area contributed by atoms with Gasteiger partial charge in [-0.1, -0.05) is 54.6 Å². The third kappa shape index (κ3) is 4.48. The lowest BCUT2D eigenvalue weighted by molar-refractivity contribution is 0.102. The van der Waals surface area contributed by atoms with Gasteiger partial charge < -0.3 is 19.5 Å². The molecular weight excluding hydrogens is 450 g/mol. The second-order valence-corrected chi connectivity index (χ2v) is 8.94. The van der Waals surface area contributed by atoms with Gasteiger partial charge in [-0.3, -0.25) is 9.89 Å². The number of H-pyrrole nitrogens is 1. The highest BCUT2D eigenvalue weighted by Crippen LogP contribution is 2.27. The number of hydrogen-bond donors (Lipinski definition) is 2. The van der Waals surface area contributed by atoms with Gasteiger partial charge >= 0.3 is 0 Å². The van der Waals surface area contributed by atoms with Crippen LogP contribution in [0.1, 0.15) is 15.9 Å². The van der Waals surface area contributed by atoms with Gasteiger partial charge in [0.25, 0.3) is 5.91 Å². The molecule has 1 aliphatic heterocycles. The predicted octanol–water partition coefficient (Wildman–Crippen LogP) is 5.17. The van der Waals surface area contributed by atoms with Gasteiger partial charge in [-0.2, -0.15) is 5.10 Å². The molecule has 0 atom stereocenters. The van der Waals surface area contributed by atoms with Crippen LogP contribution in [0.3, 0.4) is 0 Å². The Bertz CT molecular complexity index is 1500. The molecule has 1 fully saturated rings. The Morgan fingerprint density at radius 1 is 0.944 bits per heavy atom. The maximum absolute atomic E-state index is 13.2. The lowest BCUT2D eigenvalue weighted by Crippen LogP contribution is -2.37. The first-order valence-electron chi connectivity index (χ1n) is 12.2. The quantitative estimate of drug-likeness (QED) is 0.354. The zero-order valence-corrected chi connectivity index (χ0v) is 19.9. The number of carbonyl (C=O) groups excluding carboxylic acids is 1. The second kappa shape index (κ2) is 9.71. The molecule has 0 unspecified atom stereocenters. The van der Waals surface area contributed by atoms with Crippen molar-refractivity contribution in [1.29, 1.82) is 0 Å². The van der Waals surface area contributed by atoms with Gasteiger partial charge in [0.2, 0.25) is 0 Å². The number of nitrogens with one attached hydrogen (secondary N) is 2. The maximum atomic E-state index is 13.2. The molecule has 1 amide bonds. The molecule has 0 saturated carbocycles. The molecule has 0 aliphatic carbocycles. The molecule has 7 nitrogen and oxygen atoms in total. The summed E-state index contributed by atoms with van der Waals surface area (Å²) in [5.74, 6) is 0.394. The maximum Gasteiger partial charge on any atom is 0.258 e. The van der Waals surface area contributed by atoms with Gasteiger partial charge in [-0.05, 0) is 35.2 Å². The van der Waals surface area contributed by atoms with E-state index in [1.54, 1.807) is 0 Å². The molecule has 1 aliphatic rings. The Morgan fingerprint density at radius 2 is 1.75 bits per heavy atom. The summed E-state index contributed by atoms with van der Waals surface area (Å²) in [6.07, 6.45) is 2.11. The number of morpholine rings is 1. The fourth-order valence-corrected chi connectivity index (χ4v) is 4.73. The summed E-state index contributed by atoms with van der Waals surface area (Å²) in [4.78, 5) is 15.4. The van der Waals surface area contributed by atoms with E-state index in [1.165, 1.54) is 10.9 Å². The van der Waals surface area contributed by atoms with E-state index in [2.05, 4.69) is 79.7 Å². The molecule has 5 aromatic rings. The van der Waals surface area contributed by atoms with Gasteiger partial charge in [-0.15, -0.1) is 0 Å². The van der Waals surface area contributed by atoms with E-state index in [0.29, 0.717) is 24.6 Å². The zero-order valence-electron chi connectivity index (χ0n) is 19.9. The molecule has 3 aromatic carbocycles. The highest BCUT2D eigenvalue weighted by molar-refractivity contribution is 6.08. The number of ether oxygens (including phenoxy) is 1. The van der Waals surface area contributed by atoms with Crippen LogP contribution in [-0.4, -0.2) is 47.0 Å². The lowest BCUT2D eigenvalue weighted by Gasteiger charge is -2.30. The van der Waals surface area contributed by atoms with Crippen LogP contribution in [0.2, 0.25) is 0 Å². The van der Waals surface area contributed by atoms with Gasteiger partial charge in [0.05, 0.1) is 24.5 Å². The summed E-state index contributed by atoms with van der Waals surface area (Å²) in [6, 6.07) is 28.4. The number of anilines is 2. The van der Waals surface area contributed by atoms with Crippen LogP contribution in [0.25, 0.3) is 22.2 Å². The summed E-state index contributed by atoms with van der Waals surface area (Å²) in [5.41, 5.74) is 5.72. The van der Waals surface area contributed by atoms with Crippen molar-refractivity contribution in [2.24, 2.45) is 0 Å². The van der Waals surface area contributed by atoms with Crippen molar-refractivity contribution < 1.29 is 9.53 Å². The van der Waals surface area contributed by atoms with Gasteiger partial charge in [0.1, 0.15) is 5.82 Å². The minimum absolute atomic E-state index is 0.167.